The molecular weight excluding hydrogens is 196 g/mol. The molecule has 0 amide bonds. The lowest BCUT2D eigenvalue weighted by atomic mass is 9.97. The number of ether oxygens (including phenoxy) is 1. The van der Waals surface area contributed by atoms with Crippen molar-refractivity contribution in [3.05, 3.63) is 0 Å². The van der Waals surface area contributed by atoms with Gasteiger partial charge in [-0.05, 0) is 37.4 Å². The maximum Gasteiger partial charge on any atom is 0.0666 e. The average Bonchev–Trinajstić information content (AvgIpc) is 2.78. The first-order chi connectivity index (χ1) is 6.86. The van der Waals surface area contributed by atoms with E-state index in [4.69, 9.17) is 4.74 Å². The molecular formula is C11H20O2S. The molecule has 3 atom stereocenters. The molecule has 2 aliphatic rings. The Hall–Kier alpha value is 0.270. The third kappa shape index (κ3) is 2.88. The predicted molar refractivity (Wildman–Crippen MR) is 59.6 cm³/mol. The summed E-state index contributed by atoms with van der Waals surface area (Å²) in [5, 5.41) is 9.63. The van der Waals surface area contributed by atoms with Crippen LogP contribution < -0.4 is 0 Å². The molecule has 0 aliphatic carbocycles. The molecule has 82 valence electrons. The van der Waals surface area contributed by atoms with Crippen molar-refractivity contribution in [2.45, 2.75) is 44.3 Å². The van der Waals surface area contributed by atoms with Crippen LogP contribution in [0.1, 0.15) is 32.1 Å². The Morgan fingerprint density at radius 3 is 2.86 bits per heavy atom. The Labute approximate surface area is 90.4 Å². The highest BCUT2D eigenvalue weighted by Crippen LogP contribution is 2.29. The fourth-order valence-corrected chi connectivity index (χ4v) is 3.68. The van der Waals surface area contributed by atoms with Crippen LogP contribution in [0.25, 0.3) is 0 Å². The van der Waals surface area contributed by atoms with Crippen LogP contribution in [0, 0.1) is 5.92 Å². The van der Waals surface area contributed by atoms with E-state index in [0.717, 1.165) is 18.1 Å². The lowest BCUT2D eigenvalue weighted by Crippen LogP contribution is -2.18. The quantitative estimate of drug-likeness (QED) is 0.780. The van der Waals surface area contributed by atoms with Gasteiger partial charge in [0.05, 0.1) is 12.2 Å². The van der Waals surface area contributed by atoms with Crippen LogP contribution in [0.2, 0.25) is 0 Å². The number of thioether (sulfide) groups is 1. The summed E-state index contributed by atoms with van der Waals surface area (Å²) in [6.45, 7) is 0.965. The van der Waals surface area contributed by atoms with Gasteiger partial charge in [0.2, 0.25) is 0 Å². The van der Waals surface area contributed by atoms with E-state index in [1.165, 1.54) is 32.1 Å². The summed E-state index contributed by atoms with van der Waals surface area (Å²) < 4.78 is 5.58. The highest BCUT2D eigenvalue weighted by atomic mass is 32.2. The minimum atomic E-state index is -0.0375. The Morgan fingerprint density at radius 1 is 1.29 bits per heavy atom. The third-order valence-corrected chi connectivity index (χ3v) is 4.53. The first-order valence-corrected chi connectivity index (χ1v) is 6.89. The van der Waals surface area contributed by atoms with E-state index in [1.54, 1.807) is 0 Å². The van der Waals surface area contributed by atoms with E-state index in [-0.39, 0.29) is 6.10 Å². The molecule has 0 radical (unpaired) electrons. The largest absolute Gasteiger partial charge is 0.392 e. The maximum atomic E-state index is 9.63. The van der Waals surface area contributed by atoms with Gasteiger partial charge in [-0.3, -0.25) is 0 Å². The molecule has 0 aromatic heterocycles. The summed E-state index contributed by atoms with van der Waals surface area (Å²) in [5.74, 6) is 2.67. The second-order valence-electron chi connectivity index (χ2n) is 4.43. The van der Waals surface area contributed by atoms with Gasteiger partial charge in [-0.1, -0.05) is 6.42 Å². The second kappa shape index (κ2) is 5.38. The predicted octanol–water partition coefficient (Wildman–Crippen LogP) is 2.06. The zero-order valence-corrected chi connectivity index (χ0v) is 9.47. The Bertz CT molecular complexity index is 169. The van der Waals surface area contributed by atoms with Crippen LogP contribution in [0.3, 0.4) is 0 Å². The Morgan fingerprint density at radius 2 is 2.21 bits per heavy atom. The Kier molecular flexibility index (Phi) is 4.14. The molecule has 0 spiro atoms. The van der Waals surface area contributed by atoms with Gasteiger partial charge in [0.15, 0.2) is 0 Å². The summed E-state index contributed by atoms with van der Waals surface area (Å²) in [6.07, 6.45) is 6.61. The van der Waals surface area contributed by atoms with Gasteiger partial charge in [-0.25, -0.2) is 0 Å². The molecule has 0 bridgehead atoms. The van der Waals surface area contributed by atoms with Gasteiger partial charge in [-0.15, -0.1) is 0 Å². The van der Waals surface area contributed by atoms with Crippen molar-refractivity contribution in [2.24, 2.45) is 5.92 Å². The standard InChI is InChI=1S/C11H20O2S/c12-11-8-14-7-9(11)3-1-4-10-5-2-6-13-10/h9-12H,1-8H2. The summed E-state index contributed by atoms with van der Waals surface area (Å²) in [7, 11) is 0. The van der Waals surface area contributed by atoms with Crippen LogP contribution in [0.4, 0.5) is 0 Å². The van der Waals surface area contributed by atoms with Crippen molar-refractivity contribution in [2.75, 3.05) is 18.1 Å². The van der Waals surface area contributed by atoms with Gasteiger partial charge < -0.3 is 9.84 Å². The molecule has 0 aromatic carbocycles. The molecule has 2 fully saturated rings. The van der Waals surface area contributed by atoms with E-state index in [0.29, 0.717) is 12.0 Å². The molecule has 2 aliphatic heterocycles. The maximum absolute atomic E-state index is 9.63. The first kappa shape index (κ1) is 10.8. The number of aliphatic hydroxyl groups is 1. The highest BCUT2D eigenvalue weighted by Gasteiger charge is 2.25. The topological polar surface area (TPSA) is 29.5 Å². The molecule has 3 heteroatoms. The van der Waals surface area contributed by atoms with E-state index < -0.39 is 0 Å². The third-order valence-electron chi connectivity index (χ3n) is 3.29. The monoisotopic (exact) mass is 216 g/mol. The van der Waals surface area contributed by atoms with Crippen molar-refractivity contribution in [3.8, 4) is 0 Å². The van der Waals surface area contributed by atoms with Gasteiger partial charge in [0.25, 0.3) is 0 Å². The van der Waals surface area contributed by atoms with E-state index in [2.05, 4.69) is 0 Å². The number of hydrogen-bond acceptors (Lipinski definition) is 3. The van der Waals surface area contributed by atoms with Crippen molar-refractivity contribution >= 4 is 11.8 Å². The molecule has 2 heterocycles. The van der Waals surface area contributed by atoms with Crippen molar-refractivity contribution in [3.63, 3.8) is 0 Å². The van der Waals surface area contributed by atoms with Crippen LogP contribution >= 0.6 is 11.8 Å². The minimum absolute atomic E-state index is 0.0375. The fraction of sp³-hybridized carbons (Fsp3) is 1.00. The molecule has 3 unspecified atom stereocenters. The summed E-state index contributed by atoms with van der Waals surface area (Å²) >= 11 is 1.89. The molecule has 14 heavy (non-hydrogen) atoms. The van der Waals surface area contributed by atoms with Gasteiger partial charge in [0, 0.05) is 12.4 Å². The lowest BCUT2D eigenvalue weighted by Gasteiger charge is -2.14. The number of aliphatic hydroxyl groups excluding tert-OH is 1. The molecule has 2 saturated heterocycles. The van der Waals surface area contributed by atoms with E-state index in [9.17, 15) is 5.11 Å². The number of rotatable bonds is 4. The summed E-state index contributed by atoms with van der Waals surface area (Å²) in [6, 6.07) is 0. The van der Waals surface area contributed by atoms with Crippen LogP contribution in [-0.2, 0) is 4.74 Å². The van der Waals surface area contributed by atoms with E-state index >= 15 is 0 Å². The van der Waals surface area contributed by atoms with Crippen LogP contribution in [-0.4, -0.2) is 35.4 Å². The summed E-state index contributed by atoms with van der Waals surface area (Å²) in [5.41, 5.74) is 0. The van der Waals surface area contributed by atoms with Crippen LogP contribution in [0.15, 0.2) is 0 Å². The molecule has 1 N–H and O–H groups in total. The summed E-state index contributed by atoms with van der Waals surface area (Å²) in [4.78, 5) is 0. The van der Waals surface area contributed by atoms with Crippen LogP contribution in [0.5, 0.6) is 0 Å². The normalized spacial score (nSPS) is 37.9. The fourth-order valence-electron chi connectivity index (χ4n) is 2.34. The van der Waals surface area contributed by atoms with Crippen molar-refractivity contribution in [1.82, 2.24) is 0 Å². The van der Waals surface area contributed by atoms with Gasteiger partial charge >= 0.3 is 0 Å². The molecule has 2 nitrogen and oxygen atoms in total. The zero-order valence-electron chi connectivity index (χ0n) is 8.65. The number of hydrogen-bond donors (Lipinski definition) is 1. The SMILES string of the molecule is OC1CSCC1CCCC1CCCO1. The average molecular weight is 216 g/mol. The molecule has 0 aromatic rings. The van der Waals surface area contributed by atoms with E-state index in [1.807, 2.05) is 11.8 Å². The Balaban J connectivity index is 1.57. The molecule has 0 saturated carbocycles. The lowest BCUT2D eigenvalue weighted by molar-refractivity contribution is 0.0957. The molecule has 2 rings (SSSR count). The highest BCUT2D eigenvalue weighted by molar-refractivity contribution is 7.99. The second-order valence-corrected chi connectivity index (χ2v) is 5.51. The van der Waals surface area contributed by atoms with Gasteiger partial charge in [0.1, 0.15) is 0 Å². The van der Waals surface area contributed by atoms with Gasteiger partial charge in [-0.2, -0.15) is 11.8 Å². The smallest absolute Gasteiger partial charge is 0.0666 e. The minimum Gasteiger partial charge on any atom is -0.392 e. The zero-order chi connectivity index (χ0) is 9.80. The first-order valence-electron chi connectivity index (χ1n) is 5.73. The van der Waals surface area contributed by atoms with Crippen molar-refractivity contribution < 1.29 is 9.84 Å². The van der Waals surface area contributed by atoms with Crippen molar-refractivity contribution in [1.29, 1.82) is 0 Å².